The van der Waals surface area contributed by atoms with Gasteiger partial charge in [0.1, 0.15) is 18.5 Å². The highest BCUT2D eigenvalue weighted by molar-refractivity contribution is 7.66. The molecule has 2 aromatic rings. The van der Waals surface area contributed by atoms with Gasteiger partial charge in [-0.1, -0.05) is 42.5 Å². The van der Waals surface area contributed by atoms with Crippen LogP contribution in [0.1, 0.15) is 23.7 Å². The summed E-state index contributed by atoms with van der Waals surface area (Å²) in [4.78, 5) is 35.8. The summed E-state index contributed by atoms with van der Waals surface area (Å²) in [7, 11) is -16.4. The number of aliphatic hydroxyl groups is 1. The van der Waals surface area contributed by atoms with Crippen molar-refractivity contribution in [1.82, 2.24) is 0 Å². The summed E-state index contributed by atoms with van der Waals surface area (Å²) < 4.78 is 57.2. The highest BCUT2D eigenvalue weighted by Crippen LogP contribution is 2.66. The fourth-order valence-corrected chi connectivity index (χ4v) is 6.14. The summed E-state index contributed by atoms with van der Waals surface area (Å²) in [6.07, 6.45) is -2.72. The Morgan fingerprint density at radius 1 is 0.912 bits per heavy atom. The molecule has 1 saturated heterocycles. The molecule has 0 spiro atoms. The van der Waals surface area contributed by atoms with Crippen molar-refractivity contribution in [1.29, 1.82) is 0 Å². The zero-order chi connectivity index (χ0) is 25.0. The van der Waals surface area contributed by atoms with Crippen LogP contribution in [0.15, 0.2) is 54.6 Å². The Kier molecular flexibility index (Phi) is 8.86. The second-order valence-corrected chi connectivity index (χ2v) is 11.6. The second-order valence-electron chi connectivity index (χ2n) is 7.20. The molecule has 1 fully saturated rings. The first-order valence-electron chi connectivity index (χ1n) is 9.70. The SMILES string of the molecule is O=P(O)(O)OP(=O)(O)OP(=O)(O)OC[C@H]1O[C@@H](c2cccc(OCc3ccccc3)c2)C[C@@H]1O. The third-order valence-corrected chi connectivity index (χ3v) is 8.32. The Hall–Kier alpha value is -1.43. The van der Waals surface area contributed by atoms with Gasteiger partial charge in [0.05, 0.1) is 18.8 Å². The zero-order valence-electron chi connectivity index (χ0n) is 17.4. The largest absolute Gasteiger partial charge is 0.490 e. The molecule has 1 aliphatic heterocycles. The molecular weight excluding hydrogens is 517 g/mol. The van der Waals surface area contributed by atoms with Gasteiger partial charge < -0.3 is 34.2 Å². The predicted molar refractivity (Wildman–Crippen MR) is 115 cm³/mol. The van der Waals surface area contributed by atoms with Gasteiger partial charge in [-0.3, -0.25) is 4.52 Å². The Labute approximate surface area is 194 Å². The first kappa shape index (κ1) is 27.2. The van der Waals surface area contributed by atoms with Crippen LogP contribution in [-0.4, -0.2) is 43.5 Å². The third-order valence-electron chi connectivity index (χ3n) is 4.52. The van der Waals surface area contributed by atoms with Crippen molar-refractivity contribution in [2.24, 2.45) is 0 Å². The van der Waals surface area contributed by atoms with E-state index in [4.69, 9.17) is 19.3 Å². The Balaban J connectivity index is 1.55. The van der Waals surface area contributed by atoms with E-state index < -0.39 is 48.4 Å². The van der Waals surface area contributed by atoms with Crippen LogP contribution in [0.4, 0.5) is 0 Å². The van der Waals surface area contributed by atoms with Crippen molar-refractivity contribution in [2.45, 2.75) is 31.3 Å². The van der Waals surface area contributed by atoms with Crippen molar-refractivity contribution >= 4 is 23.5 Å². The predicted octanol–water partition coefficient (Wildman–Crippen LogP) is 2.80. The van der Waals surface area contributed by atoms with Crippen molar-refractivity contribution in [3.63, 3.8) is 0 Å². The van der Waals surface area contributed by atoms with Crippen LogP contribution in [0.3, 0.4) is 0 Å². The Morgan fingerprint density at radius 2 is 1.62 bits per heavy atom. The zero-order valence-corrected chi connectivity index (χ0v) is 20.1. The number of phosphoric ester groups is 1. The molecule has 16 heteroatoms. The van der Waals surface area contributed by atoms with Crippen LogP contribution in [0, 0.1) is 0 Å². The number of rotatable bonds is 11. The molecule has 0 bridgehead atoms. The minimum absolute atomic E-state index is 0.118. The molecule has 13 nitrogen and oxygen atoms in total. The van der Waals surface area contributed by atoms with Crippen molar-refractivity contribution in [2.75, 3.05) is 6.61 Å². The fourth-order valence-electron chi connectivity index (χ4n) is 3.11. The van der Waals surface area contributed by atoms with Gasteiger partial charge >= 0.3 is 23.5 Å². The van der Waals surface area contributed by atoms with E-state index in [1.54, 1.807) is 24.3 Å². The van der Waals surface area contributed by atoms with Crippen molar-refractivity contribution in [3.8, 4) is 5.75 Å². The number of hydrogen-bond acceptors (Lipinski definition) is 9. The maximum atomic E-state index is 11.9. The highest BCUT2D eigenvalue weighted by Gasteiger charge is 2.42. The molecule has 0 aromatic heterocycles. The van der Waals surface area contributed by atoms with Gasteiger partial charge in [-0.2, -0.15) is 8.62 Å². The van der Waals surface area contributed by atoms with E-state index in [1.165, 1.54) is 0 Å². The molecule has 34 heavy (non-hydrogen) atoms. The van der Waals surface area contributed by atoms with Crippen molar-refractivity contribution < 1.29 is 61.0 Å². The van der Waals surface area contributed by atoms with Gasteiger partial charge in [0.2, 0.25) is 0 Å². The van der Waals surface area contributed by atoms with Crippen LogP contribution in [0.2, 0.25) is 0 Å². The van der Waals surface area contributed by atoms with Crippen LogP contribution < -0.4 is 4.74 Å². The molecule has 3 rings (SSSR count). The highest BCUT2D eigenvalue weighted by atomic mass is 31.3. The average molecular weight is 540 g/mol. The Bertz CT molecular complexity index is 1110. The molecule has 5 atom stereocenters. The van der Waals surface area contributed by atoms with E-state index in [0.717, 1.165) is 5.56 Å². The molecule has 0 aliphatic carbocycles. The lowest BCUT2D eigenvalue weighted by Crippen LogP contribution is -2.26. The van der Waals surface area contributed by atoms with E-state index in [9.17, 15) is 28.6 Å². The first-order chi connectivity index (χ1) is 15.8. The van der Waals surface area contributed by atoms with Crippen LogP contribution in [0.5, 0.6) is 5.75 Å². The maximum absolute atomic E-state index is 11.9. The lowest BCUT2D eigenvalue weighted by Gasteiger charge is -2.19. The lowest BCUT2D eigenvalue weighted by atomic mass is 10.0. The quantitative estimate of drug-likeness (QED) is 0.261. The summed E-state index contributed by atoms with van der Waals surface area (Å²) in [5.74, 6) is 0.566. The van der Waals surface area contributed by atoms with Crippen LogP contribution in [-0.2, 0) is 38.2 Å². The monoisotopic (exact) mass is 540 g/mol. The van der Waals surface area contributed by atoms with E-state index >= 15 is 0 Å². The van der Waals surface area contributed by atoms with E-state index in [-0.39, 0.29) is 6.42 Å². The number of aliphatic hydroxyl groups excluding tert-OH is 1. The number of benzene rings is 2. The summed E-state index contributed by atoms with van der Waals surface area (Å²) in [6, 6.07) is 16.5. The molecule has 1 aliphatic rings. The second kappa shape index (κ2) is 11.1. The standard InChI is InChI=1S/C18H23O13P3/c19-16-10-17(14-7-4-8-15(9-14)27-11-13-5-2-1-3-6-13)29-18(16)12-28-33(23,24)31-34(25,26)30-32(20,21)22/h1-9,16-19H,10-12H2,(H,23,24)(H,25,26)(H2,20,21,22)/t16-,17+,18+/m0/s1. The van der Waals surface area contributed by atoms with E-state index in [0.29, 0.717) is 17.9 Å². The summed E-state index contributed by atoms with van der Waals surface area (Å²) in [5.41, 5.74) is 1.65. The molecule has 0 saturated carbocycles. The Morgan fingerprint density at radius 3 is 2.29 bits per heavy atom. The molecule has 1 heterocycles. The van der Waals surface area contributed by atoms with Gasteiger partial charge in [0.25, 0.3) is 0 Å². The number of phosphoric acid groups is 3. The van der Waals surface area contributed by atoms with Crippen LogP contribution in [0.25, 0.3) is 0 Å². The maximum Gasteiger partial charge on any atom is 0.490 e. The van der Waals surface area contributed by atoms with Gasteiger partial charge in [0.15, 0.2) is 0 Å². The summed E-state index contributed by atoms with van der Waals surface area (Å²) in [6.45, 7) is -0.382. The van der Waals surface area contributed by atoms with Gasteiger partial charge in [0, 0.05) is 6.42 Å². The lowest BCUT2D eigenvalue weighted by molar-refractivity contribution is -0.0221. The van der Waals surface area contributed by atoms with E-state index in [1.807, 2.05) is 30.3 Å². The average Bonchev–Trinajstić information content (AvgIpc) is 3.10. The van der Waals surface area contributed by atoms with Crippen LogP contribution >= 0.6 is 23.5 Å². The fraction of sp³-hybridized carbons (Fsp3) is 0.333. The van der Waals surface area contributed by atoms with Gasteiger partial charge in [-0.05, 0) is 23.3 Å². The minimum atomic E-state index is -5.63. The molecule has 0 radical (unpaired) electrons. The molecule has 188 valence electrons. The first-order valence-corrected chi connectivity index (χ1v) is 14.2. The minimum Gasteiger partial charge on any atom is -0.489 e. The summed E-state index contributed by atoms with van der Waals surface area (Å²) >= 11 is 0. The molecule has 2 aromatic carbocycles. The molecule has 2 unspecified atom stereocenters. The number of hydrogen-bond donors (Lipinski definition) is 5. The van der Waals surface area contributed by atoms with Gasteiger partial charge in [-0.25, -0.2) is 13.7 Å². The van der Waals surface area contributed by atoms with E-state index in [2.05, 4.69) is 13.1 Å². The normalized spacial score (nSPS) is 24.3. The topological polar surface area (TPSA) is 199 Å². The molecule has 0 amide bonds. The molecule has 5 N–H and O–H groups in total. The molecular formula is C18H23O13P3. The third kappa shape index (κ3) is 8.66. The number of ether oxygens (including phenoxy) is 2. The van der Waals surface area contributed by atoms with Crippen molar-refractivity contribution in [3.05, 3.63) is 65.7 Å². The van der Waals surface area contributed by atoms with Gasteiger partial charge in [-0.15, -0.1) is 0 Å². The smallest absolute Gasteiger partial charge is 0.489 e. The summed E-state index contributed by atoms with van der Waals surface area (Å²) in [5, 5.41) is 10.2.